The fraction of sp³-hybridized carbons (Fsp3) is 0.429. The van der Waals surface area contributed by atoms with E-state index in [1.807, 2.05) is 0 Å². The van der Waals surface area contributed by atoms with E-state index in [1.54, 1.807) is 24.3 Å². The number of hydrogen-bond donors (Lipinski definition) is 3. The number of benzene rings is 1. The first-order valence-corrected chi connectivity index (χ1v) is 6.69. The van der Waals surface area contributed by atoms with Gasteiger partial charge in [-0.15, -0.1) is 0 Å². The summed E-state index contributed by atoms with van der Waals surface area (Å²) >= 11 is 0. The van der Waals surface area contributed by atoms with Gasteiger partial charge in [0, 0.05) is 18.3 Å². The van der Waals surface area contributed by atoms with Gasteiger partial charge in [0.2, 0.25) is 0 Å². The molecule has 4 N–H and O–H groups in total. The fourth-order valence-electron chi connectivity index (χ4n) is 2.10. The number of carboxylic acids is 1. The maximum Gasteiger partial charge on any atom is 0.341 e. The number of anilines is 1. The predicted molar refractivity (Wildman–Crippen MR) is 75.2 cm³/mol. The highest BCUT2D eigenvalue weighted by Gasteiger charge is 2.29. The normalized spacial score (nSPS) is 21.0. The Kier molecular flexibility index (Phi) is 5.13. The summed E-state index contributed by atoms with van der Waals surface area (Å²) in [5.74, 6) is -0.916. The van der Waals surface area contributed by atoms with Gasteiger partial charge in [-0.3, -0.25) is 4.79 Å². The van der Waals surface area contributed by atoms with Gasteiger partial charge in [0.05, 0.1) is 6.10 Å². The van der Waals surface area contributed by atoms with Crippen molar-refractivity contribution < 1.29 is 24.2 Å². The van der Waals surface area contributed by atoms with Gasteiger partial charge in [-0.05, 0) is 25.0 Å². The number of carbonyl (C=O) groups excluding carboxylic acids is 1. The molecule has 1 fully saturated rings. The number of amides is 1. The van der Waals surface area contributed by atoms with Crippen LogP contribution in [0.4, 0.5) is 5.69 Å². The molecule has 21 heavy (non-hydrogen) atoms. The number of rotatable bonds is 6. The predicted octanol–water partition coefficient (Wildman–Crippen LogP) is 0.595. The molecule has 1 aliphatic heterocycles. The average Bonchev–Trinajstić information content (AvgIpc) is 2.94. The van der Waals surface area contributed by atoms with Gasteiger partial charge in [-0.25, -0.2) is 4.79 Å². The van der Waals surface area contributed by atoms with Crippen molar-refractivity contribution in [2.24, 2.45) is 5.73 Å². The molecule has 2 atom stereocenters. The van der Waals surface area contributed by atoms with Gasteiger partial charge in [-0.2, -0.15) is 0 Å². The molecule has 0 radical (unpaired) electrons. The second-order valence-corrected chi connectivity index (χ2v) is 4.76. The Morgan fingerprint density at radius 3 is 2.90 bits per heavy atom. The zero-order chi connectivity index (χ0) is 15.2. The number of hydrogen-bond acceptors (Lipinski definition) is 5. The third-order valence-corrected chi connectivity index (χ3v) is 3.13. The number of nitrogens with one attached hydrogen (secondary N) is 1. The lowest BCUT2D eigenvalue weighted by molar-refractivity contribution is -0.139. The maximum atomic E-state index is 12.0. The largest absolute Gasteiger partial charge is 0.482 e. The molecular formula is C14H18N2O5. The molecular weight excluding hydrogens is 276 g/mol. The van der Waals surface area contributed by atoms with Crippen molar-refractivity contribution >= 4 is 17.6 Å². The van der Waals surface area contributed by atoms with Crippen molar-refractivity contribution in [2.75, 3.05) is 18.5 Å². The molecule has 1 aliphatic rings. The molecule has 1 amide bonds. The van der Waals surface area contributed by atoms with Gasteiger partial charge < -0.3 is 25.6 Å². The van der Waals surface area contributed by atoms with Crippen LogP contribution in [0.15, 0.2) is 24.3 Å². The lowest BCUT2D eigenvalue weighted by atomic mass is 10.2. The van der Waals surface area contributed by atoms with Crippen LogP contribution in [-0.4, -0.2) is 42.3 Å². The van der Waals surface area contributed by atoms with Crippen LogP contribution in [0.5, 0.6) is 5.75 Å². The summed E-state index contributed by atoms with van der Waals surface area (Å²) in [7, 11) is 0. The molecule has 1 heterocycles. The molecule has 2 rings (SSSR count). The Balaban J connectivity index is 1.91. The van der Waals surface area contributed by atoms with E-state index in [9.17, 15) is 9.59 Å². The van der Waals surface area contributed by atoms with Crippen LogP contribution >= 0.6 is 0 Å². The third-order valence-electron chi connectivity index (χ3n) is 3.13. The first kappa shape index (κ1) is 15.3. The summed E-state index contributed by atoms with van der Waals surface area (Å²) in [6.45, 7) is -0.0242. The van der Waals surface area contributed by atoms with Gasteiger partial charge in [-0.1, -0.05) is 6.07 Å². The van der Waals surface area contributed by atoms with Crippen molar-refractivity contribution in [1.82, 2.24) is 0 Å². The lowest BCUT2D eigenvalue weighted by Crippen LogP contribution is -2.29. The standard InChI is InChI=1S/C14H18N2O5/c15-7-11-4-5-12(21-11)14(19)16-9-2-1-3-10(6-9)20-8-13(17)18/h1-3,6,11-12H,4-5,7-8,15H2,(H,16,19)(H,17,18). The molecule has 1 aromatic rings. The van der Waals surface area contributed by atoms with Gasteiger partial charge in [0.25, 0.3) is 5.91 Å². The van der Waals surface area contributed by atoms with E-state index in [0.717, 1.165) is 6.42 Å². The van der Waals surface area contributed by atoms with Gasteiger partial charge >= 0.3 is 5.97 Å². The zero-order valence-electron chi connectivity index (χ0n) is 11.5. The van der Waals surface area contributed by atoms with Crippen molar-refractivity contribution in [3.05, 3.63) is 24.3 Å². The topological polar surface area (TPSA) is 111 Å². The van der Waals surface area contributed by atoms with E-state index < -0.39 is 18.7 Å². The van der Waals surface area contributed by atoms with Crippen molar-refractivity contribution in [1.29, 1.82) is 0 Å². The van der Waals surface area contributed by atoms with Crippen LogP contribution in [0.25, 0.3) is 0 Å². The minimum absolute atomic E-state index is 0.0639. The minimum Gasteiger partial charge on any atom is -0.482 e. The monoisotopic (exact) mass is 294 g/mol. The number of aliphatic carboxylic acids is 1. The van der Waals surface area contributed by atoms with Gasteiger partial charge in [0.15, 0.2) is 6.61 Å². The van der Waals surface area contributed by atoms with E-state index in [4.69, 9.17) is 20.3 Å². The second-order valence-electron chi connectivity index (χ2n) is 4.76. The Labute approximate surface area is 122 Å². The van der Waals surface area contributed by atoms with Crippen molar-refractivity contribution in [3.8, 4) is 5.75 Å². The molecule has 0 aromatic heterocycles. The molecule has 0 aliphatic carbocycles. The smallest absolute Gasteiger partial charge is 0.341 e. The Bertz CT molecular complexity index is 520. The molecule has 1 aromatic carbocycles. The van der Waals surface area contributed by atoms with E-state index in [2.05, 4.69) is 5.32 Å². The summed E-state index contributed by atoms with van der Waals surface area (Å²) in [6, 6.07) is 6.55. The zero-order valence-corrected chi connectivity index (χ0v) is 11.5. The molecule has 0 spiro atoms. The van der Waals surface area contributed by atoms with E-state index in [-0.39, 0.29) is 12.0 Å². The first-order chi connectivity index (χ1) is 10.1. The first-order valence-electron chi connectivity index (χ1n) is 6.69. The molecule has 0 bridgehead atoms. The number of carbonyl (C=O) groups is 2. The van der Waals surface area contributed by atoms with Crippen LogP contribution in [0.3, 0.4) is 0 Å². The van der Waals surface area contributed by atoms with E-state index >= 15 is 0 Å². The Morgan fingerprint density at radius 2 is 2.24 bits per heavy atom. The summed E-state index contributed by atoms with van der Waals surface area (Å²) in [4.78, 5) is 22.5. The summed E-state index contributed by atoms with van der Waals surface area (Å²) < 4.78 is 10.6. The minimum atomic E-state index is -1.06. The highest BCUT2D eigenvalue weighted by atomic mass is 16.5. The lowest BCUT2D eigenvalue weighted by Gasteiger charge is -2.13. The summed E-state index contributed by atoms with van der Waals surface area (Å²) in [6.07, 6.45) is 0.854. The van der Waals surface area contributed by atoms with Gasteiger partial charge in [0.1, 0.15) is 11.9 Å². The van der Waals surface area contributed by atoms with E-state index in [1.165, 1.54) is 0 Å². The molecule has 7 heteroatoms. The summed E-state index contributed by atoms with van der Waals surface area (Å²) in [5.41, 5.74) is 6.04. The molecule has 1 saturated heterocycles. The molecule has 0 saturated carbocycles. The number of ether oxygens (including phenoxy) is 2. The third kappa shape index (κ3) is 4.44. The van der Waals surface area contributed by atoms with Crippen LogP contribution in [0.1, 0.15) is 12.8 Å². The number of carboxylic acid groups (broad SMARTS) is 1. The quantitative estimate of drug-likeness (QED) is 0.708. The highest BCUT2D eigenvalue weighted by molar-refractivity contribution is 5.94. The molecule has 2 unspecified atom stereocenters. The van der Waals surface area contributed by atoms with Crippen LogP contribution < -0.4 is 15.8 Å². The Morgan fingerprint density at radius 1 is 1.43 bits per heavy atom. The van der Waals surface area contributed by atoms with Crippen LogP contribution in [-0.2, 0) is 14.3 Å². The highest BCUT2D eigenvalue weighted by Crippen LogP contribution is 2.22. The summed E-state index contributed by atoms with van der Waals surface area (Å²) in [5, 5.41) is 11.3. The number of nitrogens with two attached hydrogens (primary N) is 1. The molecule has 114 valence electrons. The fourth-order valence-corrected chi connectivity index (χ4v) is 2.10. The van der Waals surface area contributed by atoms with Crippen molar-refractivity contribution in [2.45, 2.75) is 25.0 Å². The maximum absolute atomic E-state index is 12.0. The molecule has 7 nitrogen and oxygen atoms in total. The second kappa shape index (κ2) is 7.05. The van der Waals surface area contributed by atoms with Crippen molar-refractivity contribution in [3.63, 3.8) is 0 Å². The van der Waals surface area contributed by atoms with E-state index in [0.29, 0.717) is 24.4 Å². The Hall–Kier alpha value is -2.12. The van der Waals surface area contributed by atoms with Crippen LogP contribution in [0.2, 0.25) is 0 Å². The SMILES string of the molecule is NCC1CCC(C(=O)Nc2cccc(OCC(=O)O)c2)O1. The average molecular weight is 294 g/mol. The van der Waals surface area contributed by atoms with Crippen LogP contribution in [0, 0.1) is 0 Å².